The van der Waals surface area contributed by atoms with Crippen molar-refractivity contribution >= 4 is 23.2 Å². The molecule has 1 aliphatic rings. The number of aromatic nitrogens is 2. The molecule has 8 heteroatoms. The van der Waals surface area contributed by atoms with Crippen LogP contribution in [-0.2, 0) is 0 Å². The van der Waals surface area contributed by atoms with Crippen molar-refractivity contribution in [1.82, 2.24) is 10.1 Å². The van der Waals surface area contributed by atoms with Gasteiger partial charge in [0.05, 0.1) is 23.3 Å². The first kappa shape index (κ1) is 18.2. The molecule has 3 rings (SSSR count). The van der Waals surface area contributed by atoms with E-state index in [4.69, 9.17) is 16.0 Å². The van der Waals surface area contributed by atoms with E-state index in [1.807, 2.05) is 13.8 Å². The van der Waals surface area contributed by atoms with Crippen molar-refractivity contribution in [2.75, 3.05) is 10.6 Å². The van der Waals surface area contributed by atoms with Crippen LogP contribution < -0.4 is 22.1 Å². The predicted molar refractivity (Wildman–Crippen MR) is 100 cm³/mol. The minimum absolute atomic E-state index is 0.110. The Hall–Kier alpha value is -2.61. The highest BCUT2D eigenvalue weighted by Crippen LogP contribution is 2.27. The van der Waals surface area contributed by atoms with Crippen molar-refractivity contribution in [3.05, 3.63) is 29.7 Å². The molecule has 0 radical (unpaired) electrons. The SMILES string of the molecule is CC(C)c1cc(Nc2cc(N[C@@H]3CCCC[C@@H]3N)cnc2C(N)=O)on1. The van der Waals surface area contributed by atoms with Crippen LogP contribution in [0.25, 0.3) is 0 Å². The highest BCUT2D eigenvalue weighted by molar-refractivity contribution is 5.97. The van der Waals surface area contributed by atoms with Gasteiger partial charge in [-0.1, -0.05) is 31.8 Å². The fourth-order valence-electron chi connectivity index (χ4n) is 3.14. The Morgan fingerprint density at radius 2 is 2.08 bits per heavy atom. The zero-order valence-electron chi connectivity index (χ0n) is 15.2. The van der Waals surface area contributed by atoms with Crippen LogP contribution in [-0.4, -0.2) is 28.1 Å². The van der Waals surface area contributed by atoms with Gasteiger partial charge in [0.15, 0.2) is 5.69 Å². The molecule has 2 heterocycles. The molecule has 1 amide bonds. The summed E-state index contributed by atoms with van der Waals surface area (Å²) in [7, 11) is 0. The van der Waals surface area contributed by atoms with Gasteiger partial charge in [0, 0.05) is 18.2 Å². The van der Waals surface area contributed by atoms with Gasteiger partial charge in [0.2, 0.25) is 5.88 Å². The van der Waals surface area contributed by atoms with Crippen molar-refractivity contribution in [2.45, 2.75) is 57.5 Å². The number of rotatable bonds is 6. The lowest BCUT2D eigenvalue weighted by molar-refractivity contribution is 0.0996. The zero-order valence-corrected chi connectivity index (χ0v) is 15.2. The predicted octanol–water partition coefficient (Wildman–Crippen LogP) is 2.72. The number of anilines is 3. The van der Waals surface area contributed by atoms with E-state index in [0.29, 0.717) is 11.6 Å². The first-order valence-corrected chi connectivity index (χ1v) is 8.99. The Bertz CT molecular complexity index is 773. The lowest BCUT2D eigenvalue weighted by Crippen LogP contribution is -2.42. The molecular formula is C18H26N6O2. The zero-order chi connectivity index (χ0) is 18.7. The van der Waals surface area contributed by atoms with E-state index >= 15 is 0 Å². The Balaban J connectivity index is 1.82. The molecule has 26 heavy (non-hydrogen) atoms. The van der Waals surface area contributed by atoms with Crippen LogP contribution in [0.4, 0.5) is 17.3 Å². The maximum absolute atomic E-state index is 11.7. The number of carbonyl (C=O) groups is 1. The monoisotopic (exact) mass is 358 g/mol. The minimum Gasteiger partial charge on any atom is -0.379 e. The summed E-state index contributed by atoms with van der Waals surface area (Å²) in [5.41, 5.74) is 13.9. The largest absolute Gasteiger partial charge is 0.379 e. The van der Waals surface area contributed by atoms with E-state index in [1.54, 1.807) is 18.3 Å². The number of hydrogen-bond donors (Lipinski definition) is 4. The Morgan fingerprint density at radius 3 is 2.73 bits per heavy atom. The number of nitrogens with two attached hydrogens (primary N) is 2. The first-order chi connectivity index (χ1) is 12.4. The van der Waals surface area contributed by atoms with Gasteiger partial charge in [-0.3, -0.25) is 4.79 Å². The number of nitrogens with zero attached hydrogens (tertiary/aromatic N) is 2. The van der Waals surface area contributed by atoms with E-state index in [1.165, 1.54) is 0 Å². The molecule has 2 aromatic rings. The van der Waals surface area contributed by atoms with Gasteiger partial charge < -0.3 is 26.6 Å². The van der Waals surface area contributed by atoms with Gasteiger partial charge in [-0.05, 0) is 24.8 Å². The van der Waals surface area contributed by atoms with Crippen molar-refractivity contribution in [3.8, 4) is 0 Å². The van der Waals surface area contributed by atoms with Gasteiger partial charge in [-0.2, -0.15) is 0 Å². The molecule has 140 valence electrons. The normalized spacial score (nSPS) is 20.2. The molecule has 0 unspecified atom stereocenters. The second-order valence-electron chi connectivity index (χ2n) is 7.08. The summed E-state index contributed by atoms with van der Waals surface area (Å²) >= 11 is 0. The molecule has 0 aromatic carbocycles. The van der Waals surface area contributed by atoms with Crippen LogP contribution in [0, 0.1) is 0 Å². The van der Waals surface area contributed by atoms with E-state index < -0.39 is 5.91 Å². The lowest BCUT2D eigenvalue weighted by atomic mass is 9.91. The van der Waals surface area contributed by atoms with Crippen molar-refractivity contribution in [3.63, 3.8) is 0 Å². The van der Waals surface area contributed by atoms with Crippen LogP contribution in [0.5, 0.6) is 0 Å². The van der Waals surface area contributed by atoms with Crippen molar-refractivity contribution in [2.24, 2.45) is 11.5 Å². The van der Waals surface area contributed by atoms with E-state index in [-0.39, 0.29) is 23.7 Å². The molecule has 2 atom stereocenters. The third-order valence-electron chi connectivity index (χ3n) is 4.67. The topological polar surface area (TPSA) is 132 Å². The Labute approximate surface area is 152 Å². The van der Waals surface area contributed by atoms with Crippen LogP contribution >= 0.6 is 0 Å². The molecule has 1 aliphatic carbocycles. The van der Waals surface area contributed by atoms with Gasteiger partial charge in [-0.15, -0.1) is 0 Å². The van der Waals surface area contributed by atoms with Crippen LogP contribution in [0.3, 0.4) is 0 Å². The second-order valence-corrected chi connectivity index (χ2v) is 7.08. The van der Waals surface area contributed by atoms with Crippen LogP contribution in [0.1, 0.15) is 61.6 Å². The molecule has 8 nitrogen and oxygen atoms in total. The summed E-state index contributed by atoms with van der Waals surface area (Å²) in [5.74, 6) is 0.0605. The summed E-state index contributed by atoms with van der Waals surface area (Å²) in [5, 5.41) is 10.5. The molecule has 1 saturated carbocycles. The summed E-state index contributed by atoms with van der Waals surface area (Å²) in [6, 6.07) is 3.90. The maximum Gasteiger partial charge on any atom is 0.269 e. The summed E-state index contributed by atoms with van der Waals surface area (Å²) in [4.78, 5) is 15.9. The molecule has 0 spiro atoms. The van der Waals surface area contributed by atoms with E-state index in [2.05, 4.69) is 20.8 Å². The third kappa shape index (κ3) is 4.13. The van der Waals surface area contributed by atoms with Crippen molar-refractivity contribution < 1.29 is 9.32 Å². The molecule has 2 aromatic heterocycles. The summed E-state index contributed by atoms with van der Waals surface area (Å²) in [6.07, 6.45) is 5.94. The average Bonchev–Trinajstić information content (AvgIpc) is 3.06. The van der Waals surface area contributed by atoms with E-state index in [9.17, 15) is 4.79 Å². The molecule has 0 bridgehead atoms. The van der Waals surface area contributed by atoms with Crippen molar-refractivity contribution in [1.29, 1.82) is 0 Å². The third-order valence-corrected chi connectivity index (χ3v) is 4.67. The number of amides is 1. The number of hydrogen-bond acceptors (Lipinski definition) is 7. The van der Waals surface area contributed by atoms with Gasteiger partial charge in [-0.25, -0.2) is 4.98 Å². The average molecular weight is 358 g/mol. The Kier molecular flexibility index (Phi) is 5.41. The minimum atomic E-state index is -0.614. The molecule has 6 N–H and O–H groups in total. The molecule has 0 saturated heterocycles. The van der Waals surface area contributed by atoms with Gasteiger partial charge in [0.25, 0.3) is 5.91 Å². The smallest absolute Gasteiger partial charge is 0.269 e. The van der Waals surface area contributed by atoms with Gasteiger partial charge in [0.1, 0.15) is 0 Å². The highest BCUT2D eigenvalue weighted by atomic mass is 16.5. The van der Waals surface area contributed by atoms with Gasteiger partial charge >= 0.3 is 0 Å². The van der Waals surface area contributed by atoms with E-state index in [0.717, 1.165) is 37.1 Å². The quantitative estimate of drug-likeness (QED) is 0.624. The molecule has 0 aliphatic heterocycles. The number of nitrogens with one attached hydrogen (secondary N) is 2. The summed E-state index contributed by atoms with van der Waals surface area (Å²) in [6.45, 7) is 4.05. The standard InChI is InChI=1S/C18H26N6O2/c1-10(2)14-8-16(26-24-14)23-15-7-11(9-21-17(15)18(20)25)22-13-6-4-3-5-12(13)19/h7-10,12-13,22-23H,3-6,19H2,1-2H3,(H2,20,25)/t12-,13+/m0/s1. The first-order valence-electron chi connectivity index (χ1n) is 8.99. The van der Waals surface area contributed by atoms with Crippen LogP contribution in [0.15, 0.2) is 22.9 Å². The number of carbonyl (C=O) groups excluding carboxylic acids is 1. The fourth-order valence-corrected chi connectivity index (χ4v) is 3.14. The molecule has 1 fully saturated rings. The Morgan fingerprint density at radius 1 is 1.31 bits per heavy atom. The maximum atomic E-state index is 11.7. The number of pyridine rings is 1. The van der Waals surface area contributed by atoms with Crippen LogP contribution in [0.2, 0.25) is 0 Å². The fraction of sp³-hybridized carbons (Fsp3) is 0.500. The second kappa shape index (κ2) is 7.74. The summed E-state index contributed by atoms with van der Waals surface area (Å²) < 4.78 is 5.29. The lowest BCUT2D eigenvalue weighted by Gasteiger charge is -2.30. The number of primary amides is 1. The highest BCUT2D eigenvalue weighted by Gasteiger charge is 2.22. The molecular weight excluding hydrogens is 332 g/mol.